The van der Waals surface area contributed by atoms with Gasteiger partial charge in [-0.2, -0.15) is 18.3 Å². The van der Waals surface area contributed by atoms with Crippen LogP contribution in [-0.2, 0) is 22.7 Å². The third kappa shape index (κ3) is 7.32. The zero-order valence-electron chi connectivity index (χ0n) is 28.6. The van der Waals surface area contributed by atoms with Gasteiger partial charge in [0.15, 0.2) is 0 Å². The average Bonchev–Trinajstić information content (AvgIpc) is 3.69. The summed E-state index contributed by atoms with van der Waals surface area (Å²) in [6.45, 7) is 1.98. The fraction of sp³-hybridized carbons (Fsp3) is 0.459. The standard InChI is InChI=1S/C37H38F6N4O5/c1-34(2,37(41,42)43)33(51)46-21-35(22-46)20-45(31(48)26-14-44-47(16-26)15-23-6-8-28(38)9-7-23)17-27(35)19-52-18-25-4-3-5-29(30(25)32(49)50)24-10-12-36(39,40)13-11-24/h3-10,14,16,27H,11-13,15,17-22H2,1-2H3,(H,49,50)/t27-/m0/s1. The number of ether oxygens (including phenoxy) is 1. The molecule has 0 saturated carbocycles. The Labute approximate surface area is 295 Å². The lowest BCUT2D eigenvalue weighted by atomic mass is 9.70. The first-order valence-corrected chi connectivity index (χ1v) is 16.8. The summed E-state index contributed by atoms with van der Waals surface area (Å²) < 4.78 is 89.7. The molecule has 3 heterocycles. The summed E-state index contributed by atoms with van der Waals surface area (Å²) in [5, 5.41) is 14.4. The van der Waals surface area contributed by atoms with E-state index in [2.05, 4.69) is 5.10 Å². The van der Waals surface area contributed by atoms with Crippen molar-refractivity contribution in [2.75, 3.05) is 32.8 Å². The molecule has 2 aromatic carbocycles. The summed E-state index contributed by atoms with van der Waals surface area (Å²) in [7, 11) is 0. The van der Waals surface area contributed by atoms with Gasteiger partial charge in [-0.3, -0.25) is 14.3 Å². The van der Waals surface area contributed by atoms with Gasteiger partial charge in [0.25, 0.3) is 11.8 Å². The molecule has 0 bridgehead atoms. The van der Waals surface area contributed by atoms with Gasteiger partial charge in [-0.1, -0.05) is 36.4 Å². The number of amides is 2. The molecule has 9 nitrogen and oxygen atoms in total. The van der Waals surface area contributed by atoms with Gasteiger partial charge >= 0.3 is 12.1 Å². The molecule has 6 rings (SSSR count). The summed E-state index contributed by atoms with van der Waals surface area (Å²) in [4.78, 5) is 41.8. The van der Waals surface area contributed by atoms with Gasteiger partial charge in [-0.25, -0.2) is 18.0 Å². The van der Waals surface area contributed by atoms with Gasteiger partial charge in [0, 0.05) is 56.6 Å². The Morgan fingerprint density at radius 2 is 1.71 bits per heavy atom. The maximum Gasteiger partial charge on any atom is 0.402 e. The van der Waals surface area contributed by atoms with Crippen LogP contribution in [-0.4, -0.2) is 87.4 Å². The van der Waals surface area contributed by atoms with Gasteiger partial charge in [-0.15, -0.1) is 0 Å². The number of alkyl halides is 5. The van der Waals surface area contributed by atoms with Crippen LogP contribution in [0.25, 0.3) is 5.57 Å². The van der Waals surface area contributed by atoms with E-state index in [1.807, 2.05) is 0 Å². The third-order valence-corrected chi connectivity index (χ3v) is 10.5. The van der Waals surface area contributed by atoms with Crippen molar-refractivity contribution in [1.82, 2.24) is 19.6 Å². The number of allylic oxidation sites excluding steroid dienone is 2. The molecule has 52 heavy (non-hydrogen) atoms. The van der Waals surface area contributed by atoms with Crippen molar-refractivity contribution in [3.8, 4) is 0 Å². The number of carbonyl (C=O) groups excluding carboxylic acids is 2. The second-order valence-electron chi connectivity index (χ2n) is 14.5. The Morgan fingerprint density at radius 1 is 1.02 bits per heavy atom. The van der Waals surface area contributed by atoms with Crippen LogP contribution in [0.2, 0.25) is 0 Å². The van der Waals surface area contributed by atoms with Crippen LogP contribution in [0.5, 0.6) is 0 Å². The Bertz CT molecular complexity index is 1880. The number of benzene rings is 2. The fourth-order valence-corrected chi connectivity index (χ4v) is 7.26. The molecular formula is C37H38F6N4O5. The molecule has 3 aromatic rings. The number of halogens is 6. The number of carbonyl (C=O) groups is 3. The molecule has 2 fully saturated rings. The summed E-state index contributed by atoms with van der Waals surface area (Å²) in [5.41, 5.74) is -1.28. The number of aromatic nitrogens is 2. The highest BCUT2D eigenvalue weighted by atomic mass is 19.4. The predicted octanol–water partition coefficient (Wildman–Crippen LogP) is 6.68. The van der Waals surface area contributed by atoms with E-state index in [0.29, 0.717) is 16.7 Å². The Hall–Kier alpha value is -4.66. The number of hydrogen-bond donors (Lipinski definition) is 1. The summed E-state index contributed by atoms with van der Waals surface area (Å²) in [5.74, 6) is -6.36. The van der Waals surface area contributed by atoms with Gasteiger partial charge in [0.05, 0.1) is 37.1 Å². The van der Waals surface area contributed by atoms with Crippen LogP contribution in [0.3, 0.4) is 0 Å². The first-order chi connectivity index (χ1) is 24.4. The number of carboxylic acid groups (broad SMARTS) is 1. The minimum atomic E-state index is -4.77. The second kappa shape index (κ2) is 13.7. The summed E-state index contributed by atoms with van der Waals surface area (Å²) >= 11 is 0. The van der Waals surface area contributed by atoms with E-state index in [1.165, 1.54) is 29.1 Å². The lowest BCUT2D eigenvalue weighted by Gasteiger charge is -2.52. The largest absolute Gasteiger partial charge is 0.478 e. The van der Waals surface area contributed by atoms with E-state index >= 15 is 0 Å². The molecule has 1 spiro atoms. The van der Waals surface area contributed by atoms with Crippen molar-refractivity contribution in [3.63, 3.8) is 0 Å². The SMILES string of the molecule is CC(C)(C(=O)N1CC2(CN(C(=O)c3cnn(Cc4ccc(F)cc4)c3)C[C@H]2COCc2cccc(C3=CCC(F)(F)CC3)c2C(=O)O)C1)C(F)(F)F. The molecular weight excluding hydrogens is 694 g/mol. The highest BCUT2D eigenvalue weighted by Gasteiger charge is 2.61. The van der Waals surface area contributed by atoms with E-state index in [1.54, 1.807) is 41.4 Å². The number of aromatic carboxylic acids is 1. The highest BCUT2D eigenvalue weighted by molar-refractivity contribution is 5.96. The molecule has 0 unspecified atom stereocenters. The molecule has 1 aromatic heterocycles. The fourth-order valence-electron chi connectivity index (χ4n) is 7.26. The van der Waals surface area contributed by atoms with E-state index in [9.17, 15) is 45.8 Å². The quantitative estimate of drug-likeness (QED) is 0.234. The maximum atomic E-state index is 13.8. The van der Waals surface area contributed by atoms with E-state index in [0.717, 1.165) is 24.3 Å². The topological polar surface area (TPSA) is 105 Å². The van der Waals surface area contributed by atoms with Crippen LogP contribution in [0, 0.1) is 22.6 Å². The first-order valence-electron chi connectivity index (χ1n) is 16.8. The van der Waals surface area contributed by atoms with Crippen molar-refractivity contribution >= 4 is 23.4 Å². The molecule has 1 aliphatic carbocycles. The minimum Gasteiger partial charge on any atom is -0.478 e. The summed E-state index contributed by atoms with van der Waals surface area (Å²) in [6, 6.07) is 10.6. The Balaban J connectivity index is 1.19. The molecule has 2 saturated heterocycles. The molecule has 1 atom stereocenters. The van der Waals surface area contributed by atoms with Crippen molar-refractivity contribution in [2.24, 2.45) is 16.7 Å². The number of carboxylic acids is 1. The van der Waals surface area contributed by atoms with Crippen molar-refractivity contribution < 1.29 is 50.6 Å². The van der Waals surface area contributed by atoms with Gasteiger partial charge in [0.1, 0.15) is 11.2 Å². The molecule has 0 radical (unpaired) electrons. The molecule has 278 valence electrons. The van der Waals surface area contributed by atoms with E-state index in [4.69, 9.17) is 4.74 Å². The van der Waals surface area contributed by atoms with Crippen molar-refractivity contribution in [2.45, 2.75) is 58.4 Å². The van der Waals surface area contributed by atoms with Crippen molar-refractivity contribution in [3.05, 3.63) is 94.6 Å². The van der Waals surface area contributed by atoms with Gasteiger partial charge in [0.2, 0.25) is 5.91 Å². The smallest absolute Gasteiger partial charge is 0.402 e. The van der Waals surface area contributed by atoms with Gasteiger partial charge < -0.3 is 19.6 Å². The molecule has 1 N–H and O–H groups in total. The highest BCUT2D eigenvalue weighted by Crippen LogP contribution is 2.48. The minimum absolute atomic E-state index is 0.00346. The predicted molar refractivity (Wildman–Crippen MR) is 176 cm³/mol. The van der Waals surface area contributed by atoms with E-state index < -0.39 is 53.6 Å². The molecule has 3 aliphatic rings. The number of rotatable bonds is 10. The van der Waals surface area contributed by atoms with Crippen LogP contribution < -0.4 is 0 Å². The van der Waals surface area contributed by atoms with Crippen LogP contribution >= 0.6 is 0 Å². The van der Waals surface area contributed by atoms with Crippen LogP contribution in [0.15, 0.2) is 60.9 Å². The second-order valence-corrected chi connectivity index (χ2v) is 14.5. The number of likely N-dealkylation sites (tertiary alicyclic amines) is 2. The monoisotopic (exact) mass is 732 g/mol. The maximum absolute atomic E-state index is 13.8. The first kappa shape index (κ1) is 37.1. The lowest BCUT2D eigenvalue weighted by Crippen LogP contribution is -2.66. The van der Waals surface area contributed by atoms with Crippen molar-refractivity contribution in [1.29, 1.82) is 0 Å². The Morgan fingerprint density at radius 3 is 2.35 bits per heavy atom. The number of nitrogens with zero attached hydrogens (tertiary/aromatic N) is 4. The van der Waals surface area contributed by atoms with Crippen LogP contribution in [0.1, 0.15) is 70.5 Å². The molecule has 2 amide bonds. The normalized spacial score (nSPS) is 19.8. The number of hydrogen-bond acceptors (Lipinski definition) is 5. The molecule has 2 aliphatic heterocycles. The average molecular weight is 733 g/mol. The zero-order chi connectivity index (χ0) is 37.6. The lowest BCUT2D eigenvalue weighted by molar-refractivity contribution is -0.223. The Kier molecular flexibility index (Phi) is 9.79. The van der Waals surface area contributed by atoms with Gasteiger partial charge in [-0.05, 0) is 54.7 Å². The van der Waals surface area contributed by atoms with E-state index in [-0.39, 0.29) is 75.2 Å². The molecule has 15 heteroatoms. The zero-order valence-corrected chi connectivity index (χ0v) is 28.6. The summed E-state index contributed by atoms with van der Waals surface area (Å²) in [6.07, 6.45) is -1.34. The third-order valence-electron chi connectivity index (χ3n) is 10.5. The van der Waals surface area contributed by atoms with Crippen LogP contribution in [0.4, 0.5) is 26.3 Å².